The van der Waals surface area contributed by atoms with Gasteiger partial charge in [-0.1, -0.05) is 12.2 Å². The molecule has 100 valence electrons. The molecule has 1 aliphatic heterocycles. The molecule has 18 heavy (non-hydrogen) atoms. The molecule has 3 heteroatoms. The zero-order chi connectivity index (χ0) is 13.0. The van der Waals surface area contributed by atoms with Crippen LogP contribution in [0.2, 0.25) is 0 Å². The van der Waals surface area contributed by atoms with E-state index in [4.69, 9.17) is 9.15 Å². The Morgan fingerprint density at radius 2 is 2.33 bits per heavy atom. The number of rotatable bonds is 5. The van der Waals surface area contributed by atoms with Gasteiger partial charge in [-0.3, -0.25) is 0 Å². The van der Waals surface area contributed by atoms with Crippen molar-refractivity contribution in [1.29, 1.82) is 0 Å². The van der Waals surface area contributed by atoms with Crippen LogP contribution in [0.5, 0.6) is 0 Å². The molecule has 3 nitrogen and oxygen atoms in total. The second-order valence-electron chi connectivity index (χ2n) is 5.23. The molecule has 3 unspecified atom stereocenters. The number of hydrogen-bond donors (Lipinski definition) is 1. The van der Waals surface area contributed by atoms with Crippen LogP contribution in [0.15, 0.2) is 35.0 Å². The molecule has 1 saturated heterocycles. The number of nitrogens with one attached hydrogen (secondary N) is 1. The van der Waals surface area contributed by atoms with Crippen LogP contribution in [-0.4, -0.2) is 18.8 Å². The van der Waals surface area contributed by atoms with Crippen LogP contribution in [0.3, 0.4) is 0 Å². The van der Waals surface area contributed by atoms with Gasteiger partial charge in [0.1, 0.15) is 5.76 Å². The Labute approximate surface area is 109 Å². The Morgan fingerprint density at radius 1 is 1.50 bits per heavy atom. The first kappa shape index (κ1) is 13.4. The van der Waals surface area contributed by atoms with E-state index in [1.807, 2.05) is 12.1 Å². The van der Waals surface area contributed by atoms with Crippen molar-refractivity contribution >= 4 is 0 Å². The zero-order valence-electron chi connectivity index (χ0n) is 11.3. The molecule has 1 fully saturated rings. The summed E-state index contributed by atoms with van der Waals surface area (Å²) in [7, 11) is 0. The largest absolute Gasteiger partial charge is 0.468 e. The van der Waals surface area contributed by atoms with Crippen molar-refractivity contribution in [3.8, 4) is 0 Å². The highest BCUT2D eigenvalue weighted by atomic mass is 16.5. The third kappa shape index (κ3) is 3.47. The van der Waals surface area contributed by atoms with Gasteiger partial charge >= 0.3 is 0 Å². The van der Waals surface area contributed by atoms with Crippen LogP contribution >= 0.6 is 0 Å². The molecule has 3 atom stereocenters. The van der Waals surface area contributed by atoms with Crippen LogP contribution in [-0.2, 0) is 11.3 Å². The molecule has 2 rings (SSSR count). The van der Waals surface area contributed by atoms with E-state index < -0.39 is 0 Å². The van der Waals surface area contributed by atoms with Crippen molar-refractivity contribution < 1.29 is 9.15 Å². The van der Waals surface area contributed by atoms with E-state index in [0.29, 0.717) is 12.0 Å². The van der Waals surface area contributed by atoms with E-state index in [1.54, 1.807) is 6.26 Å². The van der Waals surface area contributed by atoms with Gasteiger partial charge in [0, 0.05) is 12.5 Å². The summed E-state index contributed by atoms with van der Waals surface area (Å²) in [6.45, 7) is 9.94. The minimum absolute atomic E-state index is 0.237. The summed E-state index contributed by atoms with van der Waals surface area (Å²) < 4.78 is 11.3. The van der Waals surface area contributed by atoms with Gasteiger partial charge in [-0.2, -0.15) is 0 Å². The number of ether oxygens (including phenoxy) is 1. The molecule has 1 aromatic rings. The first-order chi connectivity index (χ1) is 8.66. The maximum Gasteiger partial charge on any atom is 0.117 e. The summed E-state index contributed by atoms with van der Waals surface area (Å²) >= 11 is 0. The molecule has 0 radical (unpaired) electrons. The normalized spacial score (nSPS) is 28.2. The summed E-state index contributed by atoms with van der Waals surface area (Å²) in [6, 6.07) is 3.89. The molecule has 0 aromatic carbocycles. The van der Waals surface area contributed by atoms with Crippen LogP contribution in [0, 0.1) is 5.92 Å². The minimum atomic E-state index is 0.237. The van der Waals surface area contributed by atoms with Crippen LogP contribution in [0.1, 0.15) is 32.4 Å². The standard InChI is InChI=1S/C15H23NO2/c1-11(2)14-7-6-12(3)18-15(14)10-16-9-13-5-4-8-17-13/h4-5,8,12,14-16H,1,6-7,9-10H2,2-3H3. The average Bonchev–Trinajstić information content (AvgIpc) is 2.82. The third-order valence-electron chi connectivity index (χ3n) is 3.60. The lowest BCUT2D eigenvalue weighted by atomic mass is 9.87. The van der Waals surface area contributed by atoms with Crippen molar-refractivity contribution in [3.05, 3.63) is 36.3 Å². The van der Waals surface area contributed by atoms with E-state index in [2.05, 4.69) is 25.7 Å². The molecular formula is C15H23NO2. The molecule has 1 aromatic heterocycles. The molecular weight excluding hydrogens is 226 g/mol. The summed E-state index contributed by atoms with van der Waals surface area (Å²) in [6.07, 6.45) is 4.61. The molecule has 2 heterocycles. The van der Waals surface area contributed by atoms with Crippen molar-refractivity contribution in [2.75, 3.05) is 6.54 Å². The molecule has 0 amide bonds. The fourth-order valence-electron chi connectivity index (χ4n) is 2.57. The van der Waals surface area contributed by atoms with Gasteiger partial charge in [0.25, 0.3) is 0 Å². The Balaban J connectivity index is 1.82. The highest BCUT2D eigenvalue weighted by Gasteiger charge is 2.29. The fraction of sp³-hybridized carbons (Fsp3) is 0.600. The van der Waals surface area contributed by atoms with Crippen LogP contribution in [0.4, 0.5) is 0 Å². The third-order valence-corrected chi connectivity index (χ3v) is 3.60. The number of hydrogen-bond acceptors (Lipinski definition) is 3. The first-order valence-electron chi connectivity index (χ1n) is 6.70. The van der Waals surface area contributed by atoms with Crippen LogP contribution in [0.25, 0.3) is 0 Å². The summed E-state index contributed by atoms with van der Waals surface area (Å²) in [5.41, 5.74) is 1.23. The quantitative estimate of drug-likeness (QED) is 0.814. The Morgan fingerprint density at radius 3 is 3.00 bits per heavy atom. The maximum atomic E-state index is 6.03. The average molecular weight is 249 g/mol. The number of furan rings is 1. The predicted octanol–water partition coefficient (Wildman–Crippen LogP) is 3.13. The first-order valence-corrected chi connectivity index (χ1v) is 6.70. The van der Waals surface area contributed by atoms with Crippen molar-refractivity contribution in [3.63, 3.8) is 0 Å². The second-order valence-corrected chi connectivity index (χ2v) is 5.23. The monoisotopic (exact) mass is 249 g/mol. The fourth-order valence-corrected chi connectivity index (χ4v) is 2.57. The summed E-state index contributed by atoms with van der Waals surface area (Å²) in [5.74, 6) is 1.44. The van der Waals surface area contributed by atoms with Gasteiger partial charge < -0.3 is 14.5 Å². The zero-order valence-corrected chi connectivity index (χ0v) is 11.3. The van der Waals surface area contributed by atoms with Gasteiger partial charge in [-0.25, -0.2) is 0 Å². The SMILES string of the molecule is C=C(C)C1CCC(C)OC1CNCc1ccco1. The summed E-state index contributed by atoms with van der Waals surface area (Å²) in [4.78, 5) is 0. The molecule has 1 N–H and O–H groups in total. The maximum absolute atomic E-state index is 6.03. The Bertz CT molecular complexity index is 372. The van der Waals surface area contributed by atoms with Gasteiger partial charge in [0.2, 0.25) is 0 Å². The van der Waals surface area contributed by atoms with Crippen molar-refractivity contribution in [2.45, 2.75) is 45.4 Å². The highest BCUT2D eigenvalue weighted by Crippen LogP contribution is 2.29. The van der Waals surface area contributed by atoms with Gasteiger partial charge in [-0.15, -0.1) is 0 Å². The molecule has 0 spiro atoms. The van der Waals surface area contributed by atoms with E-state index in [9.17, 15) is 0 Å². The molecule has 1 aliphatic rings. The molecule has 0 saturated carbocycles. The van der Waals surface area contributed by atoms with Gasteiger partial charge in [0.05, 0.1) is 25.0 Å². The smallest absolute Gasteiger partial charge is 0.117 e. The van der Waals surface area contributed by atoms with E-state index in [-0.39, 0.29) is 6.10 Å². The molecule has 0 bridgehead atoms. The highest BCUT2D eigenvalue weighted by molar-refractivity contribution is 5.03. The second kappa shape index (κ2) is 6.21. The lowest BCUT2D eigenvalue weighted by Crippen LogP contribution is -2.41. The van der Waals surface area contributed by atoms with E-state index in [1.165, 1.54) is 12.0 Å². The van der Waals surface area contributed by atoms with Gasteiger partial charge in [0.15, 0.2) is 0 Å². The lowest BCUT2D eigenvalue weighted by molar-refractivity contribution is -0.0633. The van der Waals surface area contributed by atoms with E-state index >= 15 is 0 Å². The Hall–Kier alpha value is -1.06. The lowest BCUT2D eigenvalue weighted by Gasteiger charge is -2.36. The Kier molecular flexibility index (Phi) is 4.61. The molecule has 0 aliphatic carbocycles. The van der Waals surface area contributed by atoms with Crippen molar-refractivity contribution in [2.24, 2.45) is 5.92 Å². The van der Waals surface area contributed by atoms with E-state index in [0.717, 1.165) is 25.3 Å². The predicted molar refractivity (Wildman–Crippen MR) is 72.3 cm³/mol. The topological polar surface area (TPSA) is 34.4 Å². The minimum Gasteiger partial charge on any atom is -0.468 e. The van der Waals surface area contributed by atoms with Crippen molar-refractivity contribution in [1.82, 2.24) is 5.32 Å². The van der Waals surface area contributed by atoms with Gasteiger partial charge in [-0.05, 0) is 38.8 Å². The van der Waals surface area contributed by atoms with Crippen LogP contribution < -0.4 is 5.32 Å². The summed E-state index contributed by atoms with van der Waals surface area (Å²) in [5, 5.41) is 3.40.